The van der Waals surface area contributed by atoms with Crippen molar-refractivity contribution in [3.8, 4) is 0 Å². The largest absolute Gasteiger partial charge is 0.379 e. The van der Waals surface area contributed by atoms with Crippen molar-refractivity contribution in [3.05, 3.63) is 35.5 Å². The summed E-state index contributed by atoms with van der Waals surface area (Å²) in [6.45, 7) is 6.73. The van der Waals surface area contributed by atoms with Gasteiger partial charge in [-0.15, -0.1) is 0 Å². The molecule has 2 heterocycles. The molecule has 0 radical (unpaired) electrons. The minimum Gasteiger partial charge on any atom is -0.379 e. The number of likely N-dealkylation sites (tertiary alicyclic amines) is 1. The minimum atomic E-state index is 0.473. The second kappa shape index (κ2) is 5.58. The van der Waals surface area contributed by atoms with E-state index in [9.17, 15) is 0 Å². The van der Waals surface area contributed by atoms with Crippen LogP contribution in [0, 0.1) is 0 Å². The second-order valence-electron chi connectivity index (χ2n) is 5.75. The number of nitrogens with one attached hydrogen (secondary N) is 1. The fourth-order valence-corrected chi connectivity index (χ4v) is 3.09. The van der Waals surface area contributed by atoms with Crippen LogP contribution in [0.4, 0.5) is 5.69 Å². The van der Waals surface area contributed by atoms with Gasteiger partial charge in [0.25, 0.3) is 0 Å². The lowest BCUT2D eigenvalue weighted by Gasteiger charge is -2.21. The summed E-state index contributed by atoms with van der Waals surface area (Å²) in [5.41, 5.74) is 2.05. The molecule has 3 rings (SSSR count). The molecule has 0 aliphatic carbocycles. The van der Waals surface area contributed by atoms with Crippen LogP contribution in [0.15, 0.2) is 30.5 Å². The highest BCUT2D eigenvalue weighted by Crippen LogP contribution is 2.28. The molecule has 3 nitrogen and oxygen atoms in total. The Morgan fingerprint density at radius 2 is 2.25 bits per heavy atom. The van der Waals surface area contributed by atoms with Crippen LogP contribution in [0.2, 0.25) is 5.02 Å². The number of rotatable bonds is 3. The van der Waals surface area contributed by atoms with Crippen LogP contribution in [-0.2, 0) is 0 Å². The van der Waals surface area contributed by atoms with Gasteiger partial charge in [-0.3, -0.25) is 9.88 Å². The van der Waals surface area contributed by atoms with Gasteiger partial charge in [-0.2, -0.15) is 0 Å². The molecule has 1 aliphatic heterocycles. The molecular weight excluding hydrogens is 270 g/mol. The van der Waals surface area contributed by atoms with Crippen LogP contribution >= 0.6 is 11.6 Å². The number of pyridine rings is 1. The Morgan fingerprint density at radius 3 is 3.00 bits per heavy atom. The molecule has 0 spiro atoms. The van der Waals surface area contributed by atoms with E-state index in [4.69, 9.17) is 11.6 Å². The van der Waals surface area contributed by atoms with Gasteiger partial charge in [-0.05, 0) is 38.5 Å². The van der Waals surface area contributed by atoms with E-state index in [1.54, 1.807) is 0 Å². The van der Waals surface area contributed by atoms with E-state index >= 15 is 0 Å². The molecule has 4 heteroatoms. The topological polar surface area (TPSA) is 28.2 Å². The SMILES string of the molecule is CC(C)N1CCC(Nc2cc(Cl)cc3cccnc23)C1. The van der Waals surface area contributed by atoms with Crippen LogP contribution in [0.25, 0.3) is 10.9 Å². The average molecular weight is 290 g/mol. The third kappa shape index (κ3) is 2.74. The van der Waals surface area contributed by atoms with Gasteiger partial charge in [0.05, 0.1) is 11.2 Å². The predicted octanol–water partition coefficient (Wildman–Crippen LogP) is 3.78. The van der Waals surface area contributed by atoms with E-state index in [-0.39, 0.29) is 0 Å². The first-order valence-corrected chi connectivity index (χ1v) is 7.56. The Labute approximate surface area is 124 Å². The number of aromatic nitrogens is 1. The number of halogens is 1. The Kier molecular flexibility index (Phi) is 3.81. The highest BCUT2D eigenvalue weighted by atomic mass is 35.5. The molecular formula is C16H20ClN3. The van der Waals surface area contributed by atoms with Crippen LogP contribution < -0.4 is 5.32 Å². The smallest absolute Gasteiger partial charge is 0.0934 e. The molecule has 1 fully saturated rings. The minimum absolute atomic E-state index is 0.473. The molecule has 1 atom stereocenters. The van der Waals surface area contributed by atoms with Gasteiger partial charge in [0, 0.05) is 41.8 Å². The molecule has 1 unspecified atom stereocenters. The lowest BCUT2D eigenvalue weighted by molar-refractivity contribution is 0.274. The Hall–Kier alpha value is -1.32. The summed E-state index contributed by atoms with van der Waals surface area (Å²) < 4.78 is 0. The number of anilines is 1. The number of fused-ring (bicyclic) bond motifs is 1. The number of hydrogen-bond acceptors (Lipinski definition) is 3. The first-order valence-electron chi connectivity index (χ1n) is 7.18. The maximum Gasteiger partial charge on any atom is 0.0934 e. The van der Waals surface area contributed by atoms with Crippen molar-refractivity contribution in [2.24, 2.45) is 0 Å². The molecule has 1 N–H and O–H groups in total. The quantitative estimate of drug-likeness (QED) is 0.932. The standard InChI is InChI=1S/C16H20ClN3/c1-11(2)20-7-5-14(10-20)19-15-9-13(17)8-12-4-3-6-18-16(12)15/h3-4,6,8-9,11,14,19H,5,7,10H2,1-2H3. The van der Waals surface area contributed by atoms with Crippen molar-refractivity contribution >= 4 is 28.2 Å². The van der Waals surface area contributed by atoms with E-state index in [0.29, 0.717) is 12.1 Å². The van der Waals surface area contributed by atoms with E-state index in [1.165, 1.54) is 6.42 Å². The summed E-state index contributed by atoms with van der Waals surface area (Å²) in [5, 5.41) is 5.46. The molecule has 0 bridgehead atoms. The number of hydrogen-bond donors (Lipinski definition) is 1. The van der Waals surface area contributed by atoms with Gasteiger partial charge in [-0.25, -0.2) is 0 Å². The van der Waals surface area contributed by atoms with Gasteiger partial charge >= 0.3 is 0 Å². The maximum absolute atomic E-state index is 6.21. The third-order valence-corrected chi connectivity index (χ3v) is 4.20. The summed E-state index contributed by atoms with van der Waals surface area (Å²) in [6, 6.07) is 9.02. The Balaban J connectivity index is 1.84. The monoisotopic (exact) mass is 289 g/mol. The van der Waals surface area contributed by atoms with Crippen molar-refractivity contribution in [1.29, 1.82) is 0 Å². The van der Waals surface area contributed by atoms with Crippen LogP contribution in [0.1, 0.15) is 20.3 Å². The molecule has 106 valence electrons. The first kappa shape index (κ1) is 13.7. The van der Waals surface area contributed by atoms with Crippen molar-refractivity contribution in [2.75, 3.05) is 18.4 Å². The van der Waals surface area contributed by atoms with E-state index in [1.807, 2.05) is 24.4 Å². The highest BCUT2D eigenvalue weighted by Gasteiger charge is 2.24. The van der Waals surface area contributed by atoms with Crippen molar-refractivity contribution in [2.45, 2.75) is 32.4 Å². The molecule has 1 aliphatic rings. The lowest BCUT2D eigenvalue weighted by atomic mass is 10.1. The molecule has 2 aromatic rings. The summed E-state index contributed by atoms with van der Waals surface area (Å²) in [4.78, 5) is 6.98. The molecule has 1 aromatic carbocycles. The van der Waals surface area contributed by atoms with Crippen LogP contribution in [0.3, 0.4) is 0 Å². The zero-order valence-electron chi connectivity index (χ0n) is 11.9. The zero-order chi connectivity index (χ0) is 14.1. The molecule has 20 heavy (non-hydrogen) atoms. The van der Waals surface area contributed by atoms with Crippen molar-refractivity contribution in [3.63, 3.8) is 0 Å². The fraction of sp³-hybridized carbons (Fsp3) is 0.438. The number of benzene rings is 1. The molecule has 1 saturated heterocycles. The van der Waals surface area contributed by atoms with Crippen LogP contribution in [0.5, 0.6) is 0 Å². The average Bonchev–Trinajstić information content (AvgIpc) is 2.87. The normalized spacial score (nSPS) is 19.9. The zero-order valence-corrected chi connectivity index (χ0v) is 12.7. The van der Waals surface area contributed by atoms with E-state index in [2.05, 4.69) is 35.1 Å². The Morgan fingerprint density at radius 1 is 1.40 bits per heavy atom. The summed E-state index contributed by atoms with van der Waals surface area (Å²) in [6.07, 6.45) is 3.00. The predicted molar refractivity (Wildman–Crippen MR) is 85.5 cm³/mol. The summed E-state index contributed by atoms with van der Waals surface area (Å²) in [5.74, 6) is 0. The fourth-order valence-electron chi connectivity index (χ4n) is 2.86. The lowest BCUT2D eigenvalue weighted by Crippen LogP contribution is -2.31. The summed E-state index contributed by atoms with van der Waals surface area (Å²) in [7, 11) is 0. The second-order valence-corrected chi connectivity index (χ2v) is 6.18. The van der Waals surface area contributed by atoms with Crippen LogP contribution in [-0.4, -0.2) is 35.1 Å². The van der Waals surface area contributed by atoms with Crippen molar-refractivity contribution < 1.29 is 0 Å². The Bertz CT molecular complexity index is 612. The highest BCUT2D eigenvalue weighted by molar-refractivity contribution is 6.31. The molecule has 0 saturated carbocycles. The van der Waals surface area contributed by atoms with Gasteiger partial charge in [-0.1, -0.05) is 17.7 Å². The number of nitrogens with zero attached hydrogens (tertiary/aromatic N) is 2. The molecule has 1 aromatic heterocycles. The van der Waals surface area contributed by atoms with Gasteiger partial charge in [0.1, 0.15) is 0 Å². The van der Waals surface area contributed by atoms with Gasteiger partial charge in [0.2, 0.25) is 0 Å². The van der Waals surface area contributed by atoms with E-state index < -0.39 is 0 Å². The third-order valence-electron chi connectivity index (χ3n) is 3.98. The van der Waals surface area contributed by atoms with E-state index in [0.717, 1.165) is 34.7 Å². The molecule has 0 amide bonds. The first-order chi connectivity index (χ1) is 9.63. The van der Waals surface area contributed by atoms with Crippen molar-refractivity contribution in [1.82, 2.24) is 9.88 Å². The van der Waals surface area contributed by atoms with Gasteiger partial charge in [0.15, 0.2) is 0 Å². The summed E-state index contributed by atoms with van der Waals surface area (Å²) >= 11 is 6.21. The van der Waals surface area contributed by atoms with Gasteiger partial charge < -0.3 is 5.32 Å². The maximum atomic E-state index is 6.21.